The molecule has 0 spiro atoms. The van der Waals surface area contributed by atoms with E-state index in [2.05, 4.69) is 21.1 Å². The van der Waals surface area contributed by atoms with Crippen LogP contribution in [0.2, 0.25) is 0 Å². The number of rotatable bonds is 2. The average Bonchev–Trinajstić information content (AvgIpc) is 3.16. The van der Waals surface area contributed by atoms with Crippen LogP contribution in [0.15, 0.2) is 46.3 Å². The van der Waals surface area contributed by atoms with E-state index in [9.17, 15) is 4.79 Å². The molecule has 6 nitrogen and oxygen atoms in total. The van der Waals surface area contributed by atoms with E-state index in [1.807, 2.05) is 24.3 Å². The summed E-state index contributed by atoms with van der Waals surface area (Å²) in [6.07, 6.45) is 2.30. The van der Waals surface area contributed by atoms with E-state index in [0.717, 1.165) is 17.2 Å². The molecule has 1 N–H and O–H groups in total. The van der Waals surface area contributed by atoms with Crippen LogP contribution in [-0.2, 0) is 12.2 Å². The van der Waals surface area contributed by atoms with Crippen molar-refractivity contribution in [2.75, 3.05) is 0 Å². The molecule has 23 heavy (non-hydrogen) atoms. The molecule has 0 amide bonds. The minimum Gasteiger partial charge on any atom is -0.295 e. The highest BCUT2D eigenvalue weighted by atomic mass is 32.2. The zero-order chi connectivity index (χ0) is 15.8. The largest absolute Gasteiger partial charge is 0.295 e. The van der Waals surface area contributed by atoms with Crippen LogP contribution in [0.1, 0.15) is 16.8 Å². The fourth-order valence-electron chi connectivity index (χ4n) is 2.53. The van der Waals surface area contributed by atoms with E-state index in [4.69, 9.17) is 5.26 Å². The number of aromatic nitrogens is 3. The lowest BCUT2D eigenvalue weighted by Crippen LogP contribution is -2.15. The van der Waals surface area contributed by atoms with Crippen LogP contribution in [0.4, 0.5) is 5.69 Å². The van der Waals surface area contributed by atoms with Crippen LogP contribution >= 0.6 is 11.8 Å². The van der Waals surface area contributed by atoms with Gasteiger partial charge >= 0.3 is 0 Å². The molecule has 0 bridgehead atoms. The Hall–Kier alpha value is -2.85. The minimum atomic E-state index is -0.219. The second-order valence-electron chi connectivity index (χ2n) is 5.14. The number of benzene rings is 1. The van der Waals surface area contributed by atoms with Crippen molar-refractivity contribution in [2.45, 2.75) is 12.2 Å². The fraction of sp³-hybridized carbons (Fsp3) is 0.125. The summed E-state index contributed by atoms with van der Waals surface area (Å²) in [6.45, 7) is 0. The Morgan fingerprint density at radius 2 is 2.26 bits per heavy atom. The third kappa shape index (κ3) is 2.43. The van der Waals surface area contributed by atoms with Crippen molar-refractivity contribution in [3.63, 3.8) is 0 Å². The van der Waals surface area contributed by atoms with E-state index in [1.54, 1.807) is 11.8 Å². The van der Waals surface area contributed by atoms with Gasteiger partial charge in [0.05, 0.1) is 16.4 Å². The predicted octanol–water partition coefficient (Wildman–Crippen LogP) is 2.41. The standard InChI is InChI=1S/C16H11N5OS/c17-7-11-8-18-21-15(22)6-12(19-16(11)21)9-23-14-5-10-3-1-2-4-13(10)20-14/h1-4,6,8,18H,5,9H2. The molecule has 3 aromatic rings. The molecule has 0 saturated heterocycles. The molecule has 7 heteroatoms. The van der Waals surface area contributed by atoms with Gasteiger partial charge in [0.1, 0.15) is 11.6 Å². The summed E-state index contributed by atoms with van der Waals surface area (Å²) in [5, 5.41) is 12.8. The molecule has 0 saturated carbocycles. The van der Waals surface area contributed by atoms with Gasteiger partial charge in [-0.2, -0.15) is 5.26 Å². The van der Waals surface area contributed by atoms with Gasteiger partial charge in [0.25, 0.3) is 5.56 Å². The van der Waals surface area contributed by atoms with E-state index in [1.165, 1.54) is 22.3 Å². The first kappa shape index (κ1) is 13.8. The van der Waals surface area contributed by atoms with Gasteiger partial charge < -0.3 is 0 Å². The summed E-state index contributed by atoms with van der Waals surface area (Å²) < 4.78 is 1.27. The van der Waals surface area contributed by atoms with E-state index in [0.29, 0.717) is 22.7 Å². The molecule has 4 rings (SSSR count). The molecule has 112 valence electrons. The quantitative estimate of drug-likeness (QED) is 0.785. The molecular formula is C16H11N5OS. The van der Waals surface area contributed by atoms with Gasteiger partial charge in [0.2, 0.25) is 0 Å². The number of aromatic amines is 1. The summed E-state index contributed by atoms with van der Waals surface area (Å²) >= 11 is 1.57. The molecular weight excluding hydrogens is 310 g/mol. The van der Waals surface area contributed by atoms with Crippen molar-refractivity contribution in [2.24, 2.45) is 4.99 Å². The van der Waals surface area contributed by atoms with Gasteiger partial charge in [0.15, 0.2) is 5.65 Å². The van der Waals surface area contributed by atoms with Gasteiger partial charge in [-0.15, -0.1) is 11.8 Å². The highest BCUT2D eigenvalue weighted by Gasteiger charge is 2.15. The summed E-state index contributed by atoms with van der Waals surface area (Å²) in [6, 6.07) is 11.6. The molecule has 1 aliphatic heterocycles. The van der Waals surface area contributed by atoms with Gasteiger partial charge in [-0.25, -0.2) is 14.5 Å². The first-order valence-electron chi connectivity index (χ1n) is 7.03. The predicted molar refractivity (Wildman–Crippen MR) is 89.1 cm³/mol. The van der Waals surface area contributed by atoms with Crippen molar-refractivity contribution in [3.8, 4) is 6.07 Å². The van der Waals surface area contributed by atoms with Gasteiger partial charge in [-0.1, -0.05) is 18.2 Å². The Morgan fingerprint density at radius 1 is 1.39 bits per heavy atom. The number of nitrogens with one attached hydrogen (secondary N) is 1. The molecule has 0 fully saturated rings. The second kappa shape index (κ2) is 5.41. The Morgan fingerprint density at radius 3 is 3.09 bits per heavy atom. The van der Waals surface area contributed by atoms with Crippen LogP contribution in [0.5, 0.6) is 0 Å². The Labute approximate surface area is 135 Å². The number of fused-ring (bicyclic) bond motifs is 2. The topological polar surface area (TPSA) is 86.3 Å². The molecule has 1 aliphatic rings. The van der Waals surface area contributed by atoms with Crippen molar-refractivity contribution < 1.29 is 0 Å². The maximum atomic E-state index is 12.0. The first-order chi connectivity index (χ1) is 11.2. The van der Waals surface area contributed by atoms with E-state index >= 15 is 0 Å². The average molecular weight is 321 g/mol. The number of thioether (sulfide) groups is 1. The fourth-order valence-corrected chi connectivity index (χ4v) is 3.41. The Bertz CT molecular complexity index is 1040. The van der Waals surface area contributed by atoms with Crippen LogP contribution in [0, 0.1) is 11.3 Å². The monoisotopic (exact) mass is 321 g/mol. The van der Waals surface area contributed by atoms with Crippen LogP contribution < -0.4 is 5.56 Å². The van der Waals surface area contributed by atoms with Crippen molar-refractivity contribution in [1.82, 2.24) is 14.6 Å². The smallest absolute Gasteiger partial charge is 0.272 e. The lowest BCUT2D eigenvalue weighted by molar-refractivity contribution is 0.888. The lowest BCUT2D eigenvalue weighted by atomic mass is 10.2. The lowest BCUT2D eigenvalue weighted by Gasteiger charge is -2.01. The number of aliphatic imine (C=N–C) groups is 1. The number of H-pyrrole nitrogens is 1. The summed E-state index contributed by atoms with van der Waals surface area (Å²) in [7, 11) is 0. The van der Waals surface area contributed by atoms with Crippen LogP contribution in [-0.4, -0.2) is 19.6 Å². The SMILES string of the molecule is N#Cc1c[nH]n2c(=O)cc(CSC3=Nc4ccccc4C3)nc12. The number of nitrogens with zero attached hydrogens (tertiary/aromatic N) is 4. The normalized spacial score (nSPS) is 12.9. The number of hydrogen-bond donors (Lipinski definition) is 1. The van der Waals surface area contributed by atoms with Gasteiger partial charge in [-0.3, -0.25) is 9.89 Å². The van der Waals surface area contributed by atoms with Crippen molar-refractivity contribution in [1.29, 1.82) is 5.26 Å². The van der Waals surface area contributed by atoms with E-state index in [-0.39, 0.29) is 5.56 Å². The van der Waals surface area contributed by atoms with Gasteiger partial charge in [-0.05, 0) is 11.6 Å². The van der Waals surface area contributed by atoms with Crippen molar-refractivity contribution in [3.05, 3.63) is 63.7 Å². The zero-order valence-electron chi connectivity index (χ0n) is 12.0. The third-order valence-corrected chi connectivity index (χ3v) is 4.65. The number of hydrogen-bond acceptors (Lipinski definition) is 5. The molecule has 0 aliphatic carbocycles. The summed E-state index contributed by atoms with van der Waals surface area (Å²) in [4.78, 5) is 21.0. The van der Waals surface area contributed by atoms with Gasteiger partial charge in [0, 0.05) is 24.4 Å². The highest BCUT2D eigenvalue weighted by molar-refractivity contribution is 8.13. The Balaban J connectivity index is 1.58. The van der Waals surface area contributed by atoms with Crippen LogP contribution in [0.25, 0.3) is 5.65 Å². The maximum absolute atomic E-state index is 12.0. The zero-order valence-corrected chi connectivity index (χ0v) is 12.8. The molecule has 0 radical (unpaired) electrons. The molecule has 3 heterocycles. The number of para-hydroxylation sites is 1. The Kier molecular flexibility index (Phi) is 3.24. The third-order valence-electron chi connectivity index (χ3n) is 3.64. The molecule has 0 unspecified atom stereocenters. The summed E-state index contributed by atoms with van der Waals surface area (Å²) in [5.74, 6) is 0.550. The summed E-state index contributed by atoms with van der Waals surface area (Å²) in [5.41, 5.74) is 3.39. The maximum Gasteiger partial charge on any atom is 0.272 e. The molecule has 1 aromatic carbocycles. The highest BCUT2D eigenvalue weighted by Crippen LogP contribution is 2.30. The van der Waals surface area contributed by atoms with E-state index < -0.39 is 0 Å². The molecule has 0 atom stereocenters. The number of nitriles is 1. The molecule has 2 aromatic heterocycles. The van der Waals surface area contributed by atoms with Crippen LogP contribution in [0.3, 0.4) is 0 Å². The minimum absolute atomic E-state index is 0.219. The second-order valence-corrected chi connectivity index (χ2v) is 6.19. The van der Waals surface area contributed by atoms with Crippen molar-refractivity contribution >= 4 is 28.1 Å². The first-order valence-corrected chi connectivity index (χ1v) is 8.01.